The number of rotatable bonds is 5. The van der Waals surface area contributed by atoms with Gasteiger partial charge in [-0.3, -0.25) is 9.36 Å². The topological polar surface area (TPSA) is 58.9 Å². The highest BCUT2D eigenvalue weighted by Gasteiger charge is 2.20. The van der Waals surface area contributed by atoms with Crippen LogP contribution in [0.25, 0.3) is 34.3 Å². The second-order valence-electron chi connectivity index (χ2n) is 6.18. The molecule has 142 valence electrons. The van der Waals surface area contributed by atoms with E-state index in [2.05, 4.69) is 13.2 Å². The van der Waals surface area contributed by atoms with E-state index in [1.165, 1.54) is 17.9 Å². The predicted molar refractivity (Wildman–Crippen MR) is 109 cm³/mol. The van der Waals surface area contributed by atoms with Gasteiger partial charge in [0, 0.05) is 11.8 Å². The van der Waals surface area contributed by atoms with Crippen LogP contribution in [0.3, 0.4) is 0 Å². The molecule has 0 bridgehead atoms. The third-order valence-corrected chi connectivity index (χ3v) is 4.78. The number of pyridine rings is 1. The first-order valence-corrected chi connectivity index (χ1v) is 8.61. The van der Waals surface area contributed by atoms with Gasteiger partial charge in [-0.2, -0.15) is 0 Å². The molecule has 0 amide bonds. The van der Waals surface area contributed by atoms with Gasteiger partial charge in [-0.15, -0.1) is 0 Å². The van der Waals surface area contributed by atoms with Crippen molar-refractivity contribution in [1.29, 1.82) is 0 Å². The first kappa shape index (κ1) is 17.7. The van der Waals surface area contributed by atoms with Crippen molar-refractivity contribution in [2.24, 2.45) is 0 Å². The van der Waals surface area contributed by atoms with E-state index in [-0.39, 0.29) is 12.4 Å². The van der Waals surface area contributed by atoms with Crippen LogP contribution in [0.15, 0.2) is 48.3 Å². The smallest absolute Gasteiger partial charge is 0.263 e. The van der Waals surface area contributed by atoms with E-state index in [1.807, 2.05) is 18.2 Å². The van der Waals surface area contributed by atoms with Gasteiger partial charge in [0.25, 0.3) is 5.56 Å². The van der Waals surface area contributed by atoms with Crippen LogP contribution in [0.4, 0.5) is 0 Å². The van der Waals surface area contributed by atoms with Gasteiger partial charge in [0.15, 0.2) is 23.0 Å². The Morgan fingerprint density at radius 3 is 2.32 bits per heavy atom. The molecule has 0 N–H and O–H groups in total. The van der Waals surface area contributed by atoms with Crippen LogP contribution in [0, 0.1) is 0 Å². The van der Waals surface area contributed by atoms with Crippen LogP contribution in [-0.2, 0) is 0 Å². The van der Waals surface area contributed by atoms with Crippen LogP contribution < -0.4 is 24.5 Å². The molecule has 0 aliphatic carbocycles. The van der Waals surface area contributed by atoms with Gasteiger partial charge in [-0.05, 0) is 41.3 Å². The zero-order valence-corrected chi connectivity index (χ0v) is 15.7. The minimum Gasteiger partial charge on any atom is -0.493 e. The fourth-order valence-corrected chi connectivity index (χ4v) is 3.39. The standard InChI is InChI=1S/C22H19NO5/c1-5-13-8-20-21(28-12-27-20)10-15(13)17-7-14-9-18(25-3)19(26-4)11-16(14)22(24)23(17)6-2/h5-11H,1-2,12H2,3-4H3. The van der Waals surface area contributed by atoms with E-state index in [0.29, 0.717) is 34.1 Å². The van der Waals surface area contributed by atoms with Crippen LogP contribution >= 0.6 is 0 Å². The van der Waals surface area contributed by atoms with Gasteiger partial charge in [0.05, 0.1) is 25.3 Å². The molecule has 1 aliphatic heterocycles. The first-order chi connectivity index (χ1) is 13.6. The molecular formula is C22H19NO5. The van der Waals surface area contributed by atoms with Crippen molar-refractivity contribution in [3.63, 3.8) is 0 Å². The maximum absolute atomic E-state index is 13.2. The summed E-state index contributed by atoms with van der Waals surface area (Å²) in [6.07, 6.45) is 3.21. The van der Waals surface area contributed by atoms with E-state index in [1.54, 1.807) is 25.3 Å². The quantitative estimate of drug-likeness (QED) is 0.668. The molecule has 0 radical (unpaired) electrons. The lowest BCUT2D eigenvalue weighted by atomic mass is 10.00. The molecule has 6 heteroatoms. The van der Waals surface area contributed by atoms with Crippen molar-refractivity contribution < 1.29 is 18.9 Å². The summed E-state index contributed by atoms with van der Waals surface area (Å²) in [5, 5.41) is 1.23. The Bertz CT molecular complexity index is 1180. The number of hydrogen-bond acceptors (Lipinski definition) is 5. The largest absolute Gasteiger partial charge is 0.493 e. The highest BCUT2D eigenvalue weighted by Crippen LogP contribution is 2.40. The van der Waals surface area contributed by atoms with Crippen LogP contribution in [0.2, 0.25) is 0 Å². The summed E-state index contributed by atoms with van der Waals surface area (Å²) >= 11 is 0. The predicted octanol–water partition coefficient (Wildman–Crippen LogP) is 4.16. The normalized spacial score (nSPS) is 12.1. The highest BCUT2D eigenvalue weighted by molar-refractivity contribution is 5.90. The number of hydrogen-bond donors (Lipinski definition) is 0. The monoisotopic (exact) mass is 377 g/mol. The van der Waals surface area contributed by atoms with Crippen molar-refractivity contribution in [2.45, 2.75) is 0 Å². The van der Waals surface area contributed by atoms with E-state index in [0.717, 1.165) is 16.5 Å². The Labute approximate surface area is 161 Å². The van der Waals surface area contributed by atoms with Crippen molar-refractivity contribution >= 4 is 23.0 Å². The van der Waals surface area contributed by atoms with Gasteiger partial charge >= 0.3 is 0 Å². The number of ether oxygens (including phenoxy) is 4. The van der Waals surface area contributed by atoms with Crippen molar-refractivity contribution in [3.05, 3.63) is 59.4 Å². The minimum absolute atomic E-state index is 0.165. The average Bonchev–Trinajstić information content (AvgIpc) is 3.19. The molecule has 0 saturated heterocycles. The number of benzene rings is 2. The lowest BCUT2D eigenvalue weighted by molar-refractivity contribution is 0.174. The molecule has 0 fully saturated rings. The molecule has 0 saturated carbocycles. The molecule has 1 aromatic heterocycles. The second kappa shape index (κ2) is 6.81. The van der Waals surface area contributed by atoms with E-state index in [9.17, 15) is 4.79 Å². The van der Waals surface area contributed by atoms with Gasteiger partial charge in [-0.25, -0.2) is 0 Å². The molecular weight excluding hydrogens is 358 g/mol. The molecule has 0 spiro atoms. The Kier molecular flexibility index (Phi) is 4.31. The molecule has 6 nitrogen and oxygen atoms in total. The summed E-state index contributed by atoms with van der Waals surface area (Å²) < 4.78 is 23.2. The van der Waals surface area contributed by atoms with E-state index >= 15 is 0 Å². The number of methoxy groups -OCH3 is 2. The van der Waals surface area contributed by atoms with Crippen LogP contribution in [-0.4, -0.2) is 25.6 Å². The Balaban J connectivity index is 2.06. The molecule has 2 heterocycles. The van der Waals surface area contributed by atoms with Crippen molar-refractivity contribution in [1.82, 2.24) is 4.57 Å². The fourth-order valence-electron chi connectivity index (χ4n) is 3.39. The summed E-state index contributed by atoms with van der Waals surface area (Å²) in [7, 11) is 3.09. The second-order valence-corrected chi connectivity index (χ2v) is 6.18. The summed E-state index contributed by atoms with van der Waals surface area (Å²) in [5.74, 6) is 2.31. The fraction of sp³-hybridized carbons (Fsp3) is 0.136. The molecule has 1 aliphatic rings. The van der Waals surface area contributed by atoms with Crippen LogP contribution in [0.5, 0.6) is 23.0 Å². The van der Waals surface area contributed by atoms with E-state index < -0.39 is 0 Å². The van der Waals surface area contributed by atoms with Crippen molar-refractivity contribution in [3.8, 4) is 34.3 Å². The van der Waals surface area contributed by atoms with Gasteiger partial charge in [-0.1, -0.05) is 19.2 Å². The van der Waals surface area contributed by atoms with Gasteiger partial charge in [0.1, 0.15) is 0 Å². The number of fused-ring (bicyclic) bond motifs is 2. The Hall–Kier alpha value is -3.67. The molecule has 4 rings (SSSR count). The maximum Gasteiger partial charge on any atom is 0.263 e. The maximum atomic E-state index is 13.2. The Morgan fingerprint density at radius 2 is 1.68 bits per heavy atom. The lowest BCUT2D eigenvalue weighted by Crippen LogP contribution is -2.17. The number of nitrogens with zero attached hydrogens (tertiary/aromatic N) is 1. The number of aromatic nitrogens is 1. The molecule has 2 aromatic carbocycles. The molecule has 0 atom stereocenters. The first-order valence-electron chi connectivity index (χ1n) is 8.61. The zero-order chi connectivity index (χ0) is 19.8. The van der Waals surface area contributed by atoms with Gasteiger partial charge in [0.2, 0.25) is 6.79 Å². The Morgan fingerprint density at radius 1 is 1.00 bits per heavy atom. The minimum atomic E-state index is -0.212. The molecule has 28 heavy (non-hydrogen) atoms. The lowest BCUT2D eigenvalue weighted by Gasteiger charge is -2.15. The third kappa shape index (κ3) is 2.62. The summed E-state index contributed by atoms with van der Waals surface area (Å²) in [6, 6.07) is 9.06. The highest BCUT2D eigenvalue weighted by atomic mass is 16.7. The average molecular weight is 377 g/mol. The van der Waals surface area contributed by atoms with Crippen LogP contribution in [0.1, 0.15) is 5.56 Å². The van der Waals surface area contributed by atoms with Crippen molar-refractivity contribution in [2.75, 3.05) is 21.0 Å². The van der Waals surface area contributed by atoms with E-state index in [4.69, 9.17) is 18.9 Å². The zero-order valence-electron chi connectivity index (χ0n) is 15.7. The SMILES string of the molecule is C=Cc1cc2c(cc1-c1cc3cc(OC)c(OC)cc3c(=O)n1C=C)OCO2. The van der Waals surface area contributed by atoms with Gasteiger partial charge < -0.3 is 18.9 Å². The summed E-state index contributed by atoms with van der Waals surface area (Å²) in [6.45, 7) is 7.87. The third-order valence-electron chi connectivity index (χ3n) is 4.78. The summed E-state index contributed by atoms with van der Waals surface area (Å²) in [5.41, 5.74) is 2.05. The summed E-state index contributed by atoms with van der Waals surface area (Å²) in [4.78, 5) is 13.2. The molecule has 0 unspecified atom stereocenters. The molecule has 3 aromatic rings.